The van der Waals surface area contributed by atoms with Gasteiger partial charge in [0.15, 0.2) is 5.82 Å². The van der Waals surface area contributed by atoms with E-state index in [1.807, 2.05) is 55.6 Å². The van der Waals surface area contributed by atoms with Crippen molar-refractivity contribution >= 4 is 34.4 Å². The van der Waals surface area contributed by atoms with Crippen molar-refractivity contribution < 1.29 is 0 Å². The molecule has 0 spiro atoms. The topological polar surface area (TPSA) is 95.2 Å². The SMILES string of the molecule is C=C(CC(C)(C)C)Nc1cncc(C(=C)/C=c2/c(-c3nc4c(-c5ccncc5)cccc4[nH]3)n[nH]/c2=C/C)c1. The van der Waals surface area contributed by atoms with Crippen LogP contribution < -0.4 is 15.9 Å². The van der Waals surface area contributed by atoms with Gasteiger partial charge in [0.1, 0.15) is 5.69 Å². The van der Waals surface area contributed by atoms with E-state index in [0.717, 1.165) is 67.4 Å². The zero-order valence-electron chi connectivity index (χ0n) is 22.8. The van der Waals surface area contributed by atoms with Crippen molar-refractivity contribution in [3.63, 3.8) is 0 Å². The van der Waals surface area contributed by atoms with Gasteiger partial charge in [0.2, 0.25) is 0 Å². The molecular formula is C32H33N7. The summed E-state index contributed by atoms with van der Waals surface area (Å²) in [5, 5.41) is 13.0. The quantitative estimate of drug-likeness (QED) is 0.245. The Hall–Kier alpha value is -4.78. The average molecular weight is 516 g/mol. The fraction of sp³-hybridized carbons (Fsp3) is 0.188. The summed E-state index contributed by atoms with van der Waals surface area (Å²) in [5.74, 6) is 0.682. The van der Waals surface area contributed by atoms with Gasteiger partial charge in [-0.2, -0.15) is 5.10 Å². The zero-order chi connectivity index (χ0) is 27.6. The van der Waals surface area contributed by atoms with E-state index in [1.54, 1.807) is 18.6 Å². The molecule has 0 saturated heterocycles. The van der Waals surface area contributed by atoms with E-state index in [9.17, 15) is 0 Å². The lowest BCUT2D eigenvalue weighted by Gasteiger charge is -2.20. The van der Waals surface area contributed by atoms with Crippen LogP contribution in [0.2, 0.25) is 0 Å². The summed E-state index contributed by atoms with van der Waals surface area (Å²) in [6, 6.07) is 12.1. The number of pyridine rings is 2. The van der Waals surface area contributed by atoms with Gasteiger partial charge in [-0.25, -0.2) is 4.98 Å². The molecule has 0 radical (unpaired) electrons. The van der Waals surface area contributed by atoms with Crippen LogP contribution in [0.4, 0.5) is 5.69 Å². The third-order valence-corrected chi connectivity index (χ3v) is 6.34. The van der Waals surface area contributed by atoms with E-state index in [4.69, 9.17) is 4.98 Å². The van der Waals surface area contributed by atoms with Crippen LogP contribution >= 0.6 is 0 Å². The minimum absolute atomic E-state index is 0.146. The van der Waals surface area contributed by atoms with E-state index >= 15 is 0 Å². The zero-order valence-corrected chi connectivity index (χ0v) is 22.8. The number of nitrogens with zero attached hydrogens (tertiary/aromatic N) is 4. The second kappa shape index (κ2) is 10.5. The van der Waals surface area contributed by atoms with Crippen molar-refractivity contribution in [2.24, 2.45) is 5.41 Å². The Morgan fingerprint density at radius 1 is 1.05 bits per heavy atom. The van der Waals surface area contributed by atoms with Crippen molar-refractivity contribution in [3.8, 4) is 22.6 Å². The average Bonchev–Trinajstić information content (AvgIpc) is 3.51. The molecule has 4 heterocycles. The number of imidazole rings is 1. The van der Waals surface area contributed by atoms with Crippen LogP contribution in [0.1, 0.15) is 39.7 Å². The molecule has 0 fully saturated rings. The molecule has 0 aliphatic rings. The summed E-state index contributed by atoms with van der Waals surface area (Å²) in [6.07, 6.45) is 12.1. The minimum atomic E-state index is 0.146. The fourth-order valence-corrected chi connectivity index (χ4v) is 4.65. The number of anilines is 1. The number of nitrogens with one attached hydrogen (secondary N) is 3. The highest BCUT2D eigenvalue weighted by molar-refractivity contribution is 5.94. The van der Waals surface area contributed by atoms with Gasteiger partial charge in [-0.15, -0.1) is 0 Å². The Bertz CT molecular complexity index is 1780. The molecule has 5 rings (SSSR count). The number of fused-ring (bicyclic) bond motifs is 1. The maximum absolute atomic E-state index is 4.97. The first-order chi connectivity index (χ1) is 18.7. The van der Waals surface area contributed by atoms with E-state index in [1.165, 1.54) is 0 Å². The Kier molecular flexibility index (Phi) is 6.98. The van der Waals surface area contributed by atoms with Crippen molar-refractivity contribution in [2.75, 3.05) is 5.32 Å². The maximum Gasteiger partial charge on any atom is 0.159 e. The van der Waals surface area contributed by atoms with Gasteiger partial charge in [-0.3, -0.25) is 15.1 Å². The monoisotopic (exact) mass is 515 g/mol. The largest absolute Gasteiger partial charge is 0.358 e. The molecule has 0 unspecified atom stereocenters. The molecular weight excluding hydrogens is 482 g/mol. The molecule has 39 heavy (non-hydrogen) atoms. The summed E-state index contributed by atoms with van der Waals surface area (Å²) in [4.78, 5) is 17.0. The van der Waals surface area contributed by atoms with Gasteiger partial charge in [0, 0.05) is 40.6 Å². The van der Waals surface area contributed by atoms with Crippen LogP contribution in [-0.2, 0) is 0 Å². The molecule has 7 heteroatoms. The Labute approximate surface area is 228 Å². The van der Waals surface area contributed by atoms with E-state index < -0.39 is 0 Å². The number of aromatic nitrogens is 6. The first kappa shape index (κ1) is 25.9. The van der Waals surface area contributed by atoms with Crippen molar-refractivity contribution in [1.29, 1.82) is 0 Å². The Balaban J connectivity index is 1.52. The number of benzene rings is 1. The van der Waals surface area contributed by atoms with Crippen molar-refractivity contribution in [3.05, 3.63) is 96.2 Å². The van der Waals surface area contributed by atoms with E-state index in [-0.39, 0.29) is 5.41 Å². The van der Waals surface area contributed by atoms with Gasteiger partial charge in [-0.05, 0) is 60.2 Å². The number of para-hydroxylation sites is 1. The van der Waals surface area contributed by atoms with Gasteiger partial charge in [0.25, 0.3) is 0 Å². The van der Waals surface area contributed by atoms with E-state index in [0.29, 0.717) is 5.82 Å². The molecule has 5 aromatic rings. The molecule has 0 aliphatic heterocycles. The van der Waals surface area contributed by atoms with Gasteiger partial charge >= 0.3 is 0 Å². The number of allylic oxidation sites excluding steroid dienone is 2. The van der Waals surface area contributed by atoms with Gasteiger partial charge < -0.3 is 10.3 Å². The summed E-state index contributed by atoms with van der Waals surface area (Å²) in [5.41, 5.74) is 8.33. The summed E-state index contributed by atoms with van der Waals surface area (Å²) >= 11 is 0. The molecule has 0 bridgehead atoms. The predicted molar refractivity (Wildman–Crippen MR) is 161 cm³/mol. The maximum atomic E-state index is 4.97. The summed E-state index contributed by atoms with van der Waals surface area (Å²) < 4.78 is 0. The van der Waals surface area contributed by atoms with Gasteiger partial charge in [0.05, 0.1) is 28.3 Å². The number of aromatic amines is 2. The lowest BCUT2D eigenvalue weighted by Crippen LogP contribution is -2.23. The van der Waals surface area contributed by atoms with Crippen LogP contribution in [-0.4, -0.2) is 30.1 Å². The van der Waals surface area contributed by atoms with Crippen molar-refractivity contribution in [1.82, 2.24) is 30.1 Å². The molecule has 3 N–H and O–H groups in total. The molecule has 0 amide bonds. The standard InChI is InChI=1S/C32H33N7/c1-7-27-26(15-20(2)23-16-24(19-34-18-23)35-21(3)17-32(4,5)6)30(39-38-27)31-36-28-10-8-9-25(29(28)37-31)22-11-13-33-14-12-22/h7-16,18-19,35,38H,2-3,17H2,1,4-6H3,(H,36,37)/b26-15+,27-7+. The minimum Gasteiger partial charge on any atom is -0.358 e. The molecule has 0 atom stereocenters. The normalized spacial score (nSPS) is 12.7. The summed E-state index contributed by atoms with van der Waals surface area (Å²) in [7, 11) is 0. The van der Waals surface area contributed by atoms with Crippen LogP contribution in [0, 0.1) is 5.41 Å². The first-order valence-corrected chi connectivity index (χ1v) is 12.9. The number of hydrogen-bond acceptors (Lipinski definition) is 5. The van der Waals surface area contributed by atoms with Crippen molar-refractivity contribution in [2.45, 2.75) is 34.1 Å². The second-order valence-corrected chi connectivity index (χ2v) is 10.8. The summed E-state index contributed by atoms with van der Waals surface area (Å²) in [6.45, 7) is 17.1. The number of H-pyrrole nitrogens is 2. The van der Waals surface area contributed by atoms with Gasteiger partial charge in [-0.1, -0.05) is 52.1 Å². The van der Waals surface area contributed by atoms with Crippen LogP contribution in [0.25, 0.3) is 51.4 Å². The number of rotatable bonds is 7. The molecule has 1 aromatic carbocycles. The third-order valence-electron chi connectivity index (χ3n) is 6.34. The highest BCUT2D eigenvalue weighted by atomic mass is 15.1. The Morgan fingerprint density at radius 3 is 2.59 bits per heavy atom. The lowest BCUT2D eigenvalue weighted by molar-refractivity contribution is 0.411. The molecule has 196 valence electrons. The molecule has 0 aliphatic carbocycles. The third kappa shape index (κ3) is 5.72. The second-order valence-electron chi connectivity index (χ2n) is 10.8. The molecule has 7 nitrogen and oxygen atoms in total. The first-order valence-electron chi connectivity index (χ1n) is 12.9. The van der Waals surface area contributed by atoms with E-state index in [2.05, 4.69) is 70.5 Å². The molecule has 0 saturated carbocycles. The molecule has 4 aromatic heterocycles. The number of hydrogen-bond donors (Lipinski definition) is 3. The van der Waals surface area contributed by atoms with Crippen LogP contribution in [0.3, 0.4) is 0 Å². The highest BCUT2D eigenvalue weighted by Gasteiger charge is 2.15. The smallest absolute Gasteiger partial charge is 0.159 e. The Morgan fingerprint density at radius 2 is 1.85 bits per heavy atom. The lowest BCUT2D eigenvalue weighted by atomic mass is 9.91. The highest BCUT2D eigenvalue weighted by Crippen LogP contribution is 2.28. The van der Waals surface area contributed by atoms with Crippen LogP contribution in [0.5, 0.6) is 0 Å². The fourth-order valence-electron chi connectivity index (χ4n) is 4.65. The van der Waals surface area contributed by atoms with Crippen LogP contribution in [0.15, 0.2) is 80.0 Å². The predicted octanol–water partition coefficient (Wildman–Crippen LogP) is 6.07.